The summed E-state index contributed by atoms with van der Waals surface area (Å²) >= 11 is 8.22. The smallest absolute Gasteiger partial charge is 0.257 e. The molecular formula is C14H11ClINO. The predicted molar refractivity (Wildman–Crippen MR) is 83.3 cm³/mol. The van der Waals surface area contributed by atoms with Crippen LogP contribution in [0.15, 0.2) is 42.5 Å². The summed E-state index contributed by atoms with van der Waals surface area (Å²) in [5.74, 6) is -0.194. The van der Waals surface area contributed by atoms with Gasteiger partial charge in [0.15, 0.2) is 0 Å². The maximum absolute atomic E-state index is 12.0. The molecule has 0 atom stereocenters. The summed E-state index contributed by atoms with van der Waals surface area (Å²) in [6, 6.07) is 12.8. The monoisotopic (exact) mass is 371 g/mol. The molecule has 0 saturated heterocycles. The van der Waals surface area contributed by atoms with Crippen LogP contribution in [0.5, 0.6) is 0 Å². The number of halogens is 2. The summed E-state index contributed by atoms with van der Waals surface area (Å²) in [6.45, 7) is 2.03. The number of rotatable bonds is 2. The van der Waals surface area contributed by atoms with Crippen LogP contribution in [0.1, 0.15) is 15.9 Å². The summed E-state index contributed by atoms with van der Waals surface area (Å²) in [5, 5.41) is 3.29. The molecular weight excluding hydrogens is 361 g/mol. The fourth-order valence-corrected chi connectivity index (χ4v) is 2.25. The Balaban J connectivity index is 2.22. The molecule has 0 aliphatic carbocycles. The Hall–Kier alpha value is -1.07. The minimum atomic E-state index is -0.194. The molecule has 0 heterocycles. The van der Waals surface area contributed by atoms with E-state index in [0.29, 0.717) is 10.6 Å². The van der Waals surface area contributed by atoms with Gasteiger partial charge in [0.25, 0.3) is 5.91 Å². The van der Waals surface area contributed by atoms with Crippen molar-refractivity contribution < 1.29 is 4.79 Å². The van der Waals surface area contributed by atoms with Gasteiger partial charge in [-0.3, -0.25) is 4.79 Å². The second-order valence-corrected chi connectivity index (χ2v) is 5.47. The molecule has 4 heteroatoms. The van der Waals surface area contributed by atoms with Gasteiger partial charge >= 0.3 is 0 Å². The van der Waals surface area contributed by atoms with Gasteiger partial charge in [-0.2, -0.15) is 0 Å². The number of hydrogen-bond acceptors (Lipinski definition) is 1. The second-order valence-electron chi connectivity index (χ2n) is 3.90. The van der Waals surface area contributed by atoms with E-state index in [9.17, 15) is 4.79 Å². The summed E-state index contributed by atoms with van der Waals surface area (Å²) in [6.07, 6.45) is 0. The van der Waals surface area contributed by atoms with Gasteiger partial charge in [-0.1, -0.05) is 29.8 Å². The molecule has 2 aromatic carbocycles. The van der Waals surface area contributed by atoms with Crippen LogP contribution in [0.2, 0.25) is 5.02 Å². The van der Waals surface area contributed by atoms with Crippen molar-refractivity contribution in [2.24, 2.45) is 0 Å². The second kappa shape index (κ2) is 5.71. The van der Waals surface area contributed by atoms with E-state index in [1.54, 1.807) is 24.3 Å². The average Bonchev–Trinajstić information content (AvgIpc) is 2.34. The number of benzene rings is 2. The number of aryl methyl sites for hydroxylation is 1. The number of anilines is 1. The van der Waals surface area contributed by atoms with Gasteiger partial charge in [0.2, 0.25) is 0 Å². The maximum Gasteiger partial charge on any atom is 0.257 e. The van der Waals surface area contributed by atoms with Crippen LogP contribution in [-0.4, -0.2) is 5.91 Å². The molecule has 0 bridgehead atoms. The van der Waals surface area contributed by atoms with Crippen molar-refractivity contribution in [2.75, 3.05) is 5.32 Å². The number of hydrogen-bond donors (Lipinski definition) is 1. The lowest BCUT2D eigenvalue weighted by Gasteiger charge is -2.08. The maximum atomic E-state index is 12.0. The molecule has 18 heavy (non-hydrogen) atoms. The molecule has 0 aliphatic heterocycles. The van der Waals surface area contributed by atoms with Crippen molar-refractivity contribution >= 4 is 45.8 Å². The molecule has 1 N–H and O–H groups in total. The van der Waals surface area contributed by atoms with E-state index in [2.05, 4.69) is 27.9 Å². The summed E-state index contributed by atoms with van der Waals surface area (Å²) in [4.78, 5) is 12.0. The Kier molecular flexibility index (Phi) is 4.24. The van der Waals surface area contributed by atoms with Gasteiger partial charge in [0.1, 0.15) is 0 Å². The lowest BCUT2D eigenvalue weighted by Crippen LogP contribution is -2.12. The quantitative estimate of drug-likeness (QED) is 0.774. The molecule has 92 valence electrons. The fourth-order valence-electron chi connectivity index (χ4n) is 1.51. The zero-order valence-corrected chi connectivity index (χ0v) is 12.6. The van der Waals surface area contributed by atoms with Gasteiger partial charge < -0.3 is 5.32 Å². The van der Waals surface area contributed by atoms with Gasteiger partial charge in [0.05, 0.1) is 10.6 Å². The SMILES string of the molecule is Cc1ccc(NC(=O)c2ccccc2Cl)cc1I. The Morgan fingerprint density at radius 1 is 1.22 bits per heavy atom. The molecule has 0 aliphatic rings. The number of amides is 1. The Morgan fingerprint density at radius 3 is 2.61 bits per heavy atom. The third kappa shape index (κ3) is 3.03. The molecule has 1 amide bonds. The van der Waals surface area contributed by atoms with E-state index < -0.39 is 0 Å². The molecule has 0 saturated carbocycles. The molecule has 0 aromatic heterocycles. The first-order chi connectivity index (χ1) is 8.58. The minimum Gasteiger partial charge on any atom is -0.322 e. The highest BCUT2D eigenvalue weighted by Gasteiger charge is 2.09. The molecule has 2 rings (SSSR count). The number of nitrogens with one attached hydrogen (secondary N) is 1. The van der Waals surface area contributed by atoms with Gasteiger partial charge in [-0.15, -0.1) is 0 Å². The third-order valence-electron chi connectivity index (χ3n) is 2.55. The predicted octanol–water partition coefficient (Wildman–Crippen LogP) is 4.51. The first kappa shape index (κ1) is 13.4. The Labute approximate surface area is 124 Å². The van der Waals surface area contributed by atoms with Crippen molar-refractivity contribution in [2.45, 2.75) is 6.92 Å². The Bertz CT molecular complexity index is 598. The van der Waals surface area contributed by atoms with Crippen molar-refractivity contribution in [1.29, 1.82) is 0 Å². The first-order valence-corrected chi connectivity index (χ1v) is 6.85. The standard InChI is InChI=1S/C14H11ClINO/c1-9-6-7-10(8-13(9)16)17-14(18)11-4-2-3-5-12(11)15/h2-8H,1H3,(H,17,18). The van der Waals surface area contributed by atoms with Crippen molar-refractivity contribution in [3.8, 4) is 0 Å². The molecule has 2 aromatic rings. The number of carbonyl (C=O) groups is 1. The highest BCUT2D eigenvalue weighted by Crippen LogP contribution is 2.20. The zero-order chi connectivity index (χ0) is 13.1. The molecule has 2 nitrogen and oxygen atoms in total. The molecule has 0 radical (unpaired) electrons. The Morgan fingerprint density at radius 2 is 1.94 bits per heavy atom. The van der Waals surface area contributed by atoms with E-state index in [1.807, 2.05) is 25.1 Å². The largest absolute Gasteiger partial charge is 0.322 e. The number of carbonyl (C=O) groups excluding carboxylic acids is 1. The summed E-state index contributed by atoms with van der Waals surface area (Å²) in [7, 11) is 0. The van der Waals surface area contributed by atoms with Crippen molar-refractivity contribution in [3.05, 3.63) is 62.2 Å². The zero-order valence-electron chi connectivity index (χ0n) is 9.71. The van der Waals surface area contributed by atoms with Gasteiger partial charge in [-0.05, 0) is 59.3 Å². The fraction of sp³-hybridized carbons (Fsp3) is 0.0714. The lowest BCUT2D eigenvalue weighted by molar-refractivity contribution is 0.102. The highest BCUT2D eigenvalue weighted by atomic mass is 127. The van der Waals surface area contributed by atoms with E-state index in [0.717, 1.165) is 9.26 Å². The normalized spacial score (nSPS) is 10.2. The molecule has 0 fully saturated rings. The van der Waals surface area contributed by atoms with E-state index in [1.165, 1.54) is 5.56 Å². The van der Waals surface area contributed by atoms with Crippen LogP contribution >= 0.6 is 34.2 Å². The van der Waals surface area contributed by atoms with Crippen LogP contribution in [0.4, 0.5) is 5.69 Å². The van der Waals surface area contributed by atoms with Crippen LogP contribution in [0.25, 0.3) is 0 Å². The van der Waals surface area contributed by atoms with E-state index in [4.69, 9.17) is 11.6 Å². The van der Waals surface area contributed by atoms with E-state index in [-0.39, 0.29) is 5.91 Å². The van der Waals surface area contributed by atoms with E-state index >= 15 is 0 Å². The first-order valence-electron chi connectivity index (χ1n) is 5.40. The minimum absolute atomic E-state index is 0.194. The van der Waals surface area contributed by atoms with Gasteiger partial charge in [0, 0.05) is 9.26 Å². The van der Waals surface area contributed by atoms with Gasteiger partial charge in [-0.25, -0.2) is 0 Å². The highest BCUT2D eigenvalue weighted by molar-refractivity contribution is 14.1. The van der Waals surface area contributed by atoms with Crippen LogP contribution in [-0.2, 0) is 0 Å². The summed E-state index contributed by atoms with van der Waals surface area (Å²) in [5.41, 5.74) is 2.44. The molecule has 0 unspecified atom stereocenters. The van der Waals surface area contributed by atoms with Crippen LogP contribution < -0.4 is 5.32 Å². The van der Waals surface area contributed by atoms with Crippen molar-refractivity contribution in [1.82, 2.24) is 0 Å². The van der Waals surface area contributed by atoms with Crippen LogP contribution in [0.3, 0.4) is 0 Å². The molecule has 0 spiro atoms. The topological polar surface area (TPSA) is 29.1 Å². The summed E-state index contributed by atoms with van der Waals surface area (Å²) < 4.78 is 1.12. The van der Waals surface area contributed by atoms with Crippen LogP contribution in [0, 0.1) is 10.5 Å². The average molecular weight is 372 g/mol. The third-order valence-corrected chi connectivity index (χ3v) is 4.04. The van der Waals surface area contributed by atoms with Crippen molar-refractivity contribution in [3.63, 3.8) is 0 Å². The lowest BCUT2D eigenvalue weighted by atomic mass is 10.2.